The van der Waals surface area contributed by atoms with E-state index in [0.29, 0.717) is 0 Å². The zero-order valence-corrected chi connectivity index (χ0v) is 12.9. The van der Waals surface area contributed by atoms with Gasteiger partial charge in [-0.15, -0.1) is 0 Å². The number of benzene rings is 1. The standard InChI is InChI=1S/C18H29NO/c1-2-3-4-11-16-19(17-12-7-5-8-13-17)18(20)14-9-6-10-15-18/h5,7-8,12-13,20H,2-4,6,9-11,14-16H2,1H3. The highest BCUT2D eigenvalue weighted by molar-refractivity contribution is 5.48. The van der Waals surface area contributed by atoms with Gasteiger partial charge in [0.25, 0.3) is 0 Å². The molecule has 2 nitrogen and oxygen atoms in total. The van der Waals surface area contributed by atoms with Gasteiger partial charge in [0.15, 0.2) is 0 Å². The van der Waals surface area contributed by atoms with E-state index in [4.69, 9.17) is 0 Å². The molecule has 0 radical (unpaired) electrons. The SMILES string of the molecule is CCCCCCN(c1ccccc1)C1(O)CCCCC1. The Bertz CT molecular complexity index is 370. The van der Waals surface area contributed by atoms with Crippen molar-refractivity contribution < 1.29 is 5.11 Å². The second kappa shape index (κ2) is 7.68. The van der Waals surface area contributed by atoms with Gasteiger partial charge in [-0.2, -0.15) is 0 Å². The van der Waals surface area contributed by atoms with E-state index in [2.05, 4.69) is 36.1 Å². The van der Waals surface area contributed by atoms with Gasteiger partial charge >= 0.3 is 0 Å². The summed E-state index contributed by atoms with van der Waals surface area (Å²) in [7, 11) is 0. The lowest BCUT2D eigenvalue weighted by Gasteiger charge is -2.44. The minimum atomic E-state index is -0.619. The molecule has 0 heterocycles. The maximum atomic E-state index is 11.1. The van der Waals surface area contributed by atoms with Crippen LogP contribution in [0.1, 0.15) is 64.7 Å². The fourth-order valence-electron chi connectivity index (χ4n) is 3.27. The van der Waals surface area contributed by atoms with Crippen molar-refractivity contribution >= 4 is 5.69 Å². The summed E-state index contributed by atoms with van der Waals surface area (Å²) in [5, 5.41) is 11.1. The lowest BCUT2D eigenvalue weighted by molar-refractivity contribution is 0.000522. The molecule has 1 aromatic rings. The third-order valence-electron chi connectivity index (χ3n) is 4.46. The van der Waals surface area contributed by atoms with Gasteiger partial charge in [0.1, 0.15) is 5.72 Å². The predicted octanol–water partition coefficient (Wildman–Crippen LogP) is 4.73. The lowest BCUT2D eigenvalue weighted by Crippen LogP contribution is -2.50. The monoisotopic (exact) mass is 275 g/mol. The van der Waals surface area contributed by atoms with E-state index >= 15 is 0 Å². The number of nitrogens with zero attached hydrogens (tertiary/aromatic N) is 1. The van der Waals surface area contributed by atoms with E-state index in [1.807, 2.05) is 6.07 Å². The van der Waals surface area contributed by atoms with Crippen LogP contribution in [0.25, 0.3) is 0 Å². The minimum absolute atomic E-state index is 0.619. The summed E-state index contributed by atoms with van der Waals surface area (Å²) >= 11 is 0. The third-order valence-corrected chi connectivity index (χ3v) is 4.46. The van der Waals surface area contributed by atoms with Crippen LogP contribution in [0.3, 0.4) is 0 Å². The van der Waals surface area contributed by atoms with Crippen molar-refractivity contribution in [1.29, 1.82) is 0 Å². The molecule has 112 valence electrons. The van der Waals surface area contributed by atoms with Crippen molar-refractivity contribution in [3.05, 3.63) is 30.3 Å². The van der Waals surface area contributed by atoms with Crippen LogP contribution in [0.2, 0.25) is 0 Å². The number of para-hydroxylation sites is 1. The van der Waals surface area contributed by atoms with Gasteiger partial charge in [-0.25, -0.2) is 0 Å². The lowest BCUT2D eigenvalue weighted by atomic mass is 9.89. The van der Waals surface area contributed by atoms with Crippen LogP contribution < -0.4 is 4.90 Å². The highest BCUT2D eigenvalue weighted by Gasteiger charge is 2.35. The maximum absolute atomic E-state index is 11.1. The summed E-state index contributed by atoms with van der Waals surface area (Å²) in [6.45, 7) is 3.21. The summed E-state index contributed by atoms with van der Waals surface area (Å²) in [5.41, 5.74) is 0.555. The number of aliphatic hydroxyl groups is 1. The van der Waals surface area contributed by atoms with E-state index in [9.17, 15) is 5.11 Å². The average molecular weight is 275 g/mol. The van der Waals surface area contributed by atoms with Crippen LogP contribution in [0.5, 0.6) is 0 Å². The van der Waals surface area contributed by atoms with Crippen LogP contribution in [-0.4, -0.2) is 17.4 Å². The first-order chi connectivity index (χ1) is 9.76. The molecule has 20 heavy (non-hydrogen) atoms. The molecular weight excluding hydrogens is 246 g/mol. The van der Waals surface area contributed by atoms with Gasteiger partial charge in [0.05, 0.1) is 0 Å². The van der Waals surface area contributed by atoms with Crippen LogP contribution in [0.4, 0.5) is 5.69 Å². The van der Waals surface area contributed by atoms with E-state index in [0.717, 1.165) is 32.2 Å². The first-order valence-corrected chi connectivity index (χ1v) is 8.31. The highest BCUT2D eigenvalue weighted by Crippen LogP contribution is 2.35. The van der Waals surface area contributed by atoms with E-state index in [1.165, 1.54) is 37.8 Å². The molecule has 2 rings (SSSR count). The summed E-state index contributed by atoms with van der Waals surface area (Å²) < 4.78 is 0. The second-order valence-electron chi connectivity index (χ2n) is 6.09. The van der Waals surface area contributed by atoms with E-state index in [1.54, 1.807) is 0 Å². The van der Waals surface area contributed by atoms with Crippen LogP contribution >= 0.6 is 0 Å². The Morgan fingerprint density at radius 3 is 2.35 bits per heavy atom. The molecule has 0 bridgehead atoms. The Labute approximate surface area is 123 Å². The van der Waals surface area contributed by atoms with Gasteiger partial charge in [-0.05, 0) is 44.2 Å². The summed E-state index contributed by atoms with van der Waals surface area (Å²) in [5.74, 6) is 0. The molecule has 2 heteroatoms. The molecule has 1 saturated carbocycles. The minimum Gasteiger partial charge on any atom is -0.371 e. The normalized spacial score (nSPS) is 17.9. The zero-order chi connectivity index (χ0) is 14.3. The van der Waals surface area contributed by atoms with Crippen LogP contribution in [-0.2, 0) is 0 Å². The van der Waals surface area contributed by atoms with E-state index in [-0.39, 0.29) is 0 Å². The molecule has 0 spiro atoms. The molecule has 1 N–H and O–H groups in total. The largest absolute Gasteiger partial charge is 0.371 e. The fourth-order valence-corrected chi connectivity index (χ4v) is 3.27. The topological polar surface area (TPSA) is 23.5 Å². The van der Waals surface area contributed by atoms with Crippen molar-refractivity contribution in [2.75, 3.05) is 11.4 Å². The smallest absolute Gasteiger partial charge is 0.137 e. The van der Waals surface area contributed by atoms with Crippen molar-refractivity contribution in [3.63, 3.8) is 0 Å². The quantitative estimate of drug-likeness (QED) is 0.574. The van der Waals surface area contributed by atoms with Crippen molar-refractivity contribution in [2.45, 2.75) is 70.4 Å². The van der Waals surface area contributed by atoms with Gasteiger partial charge < -0.3 is 10.0 Å². The summed E-state index contributed by atoms with van der Waals surface area (Å²) in [4.78, 5) is 2.27. The molecule has 1 aliphatic carbocycles. The molecule has 0 unspecified atom stereocenters. The zero-order valence-electron chi connectivity index (χ0n) is 12.9. The van der Waals surface area contributed by atoms with Crippen molar-refractivity contribution in [2.24, 2.45) is 0 Å². The molecule has 0 atom stereocenters. The molecular formula is C18H29NO. The Kier molecular flexibility index (Phi) is 5.90. The Balaban J connectivity index is 2.07. The first kappa shape index (κ1) is 15.4. The molecule has 0 saturated heterocycles. The average Bonchev–Trinajstić information content (AvgIpc) is 2.49. The first-order valence-electron chi connectivity index (χ1n) is 8.31. The van der Waals surface area contributed by atoms with Gasteiger partial charge in [0, 0.05) is 12.2 Å². The third kappa shape index (κ3) is 3.99. The number of hydrogen-bond acceptors (Lipinski definition) is 2. The van der Waals surface area contributed by atoms with Crippen LogP contribution in [0, 0.1) is 0 Å². The van der Waals surface area contributed by atoms with Crippen molar-refractivity contribution in [1.82, 2.24) is 0 Å². The Morgan fingerprint density at radius 1 is 1.00 bits per heavy atom. The molecule has 0 aliphatic heterocycles. The molecule has 0 amide bonds. The van der Waals surface area contributed by atoms with E-state index < -0.39 is 5.72 Å². The molecule has 1 aliphatic rings. The van der Waals surface area contributed by atoms with Gasteiger partial charge in [0.2, 0.25) is 0 Å². The van der Waals surface area contributed by atoms with Crippen LogP contribution in [0.15, 0.2) is 30.3 Å². The highest BCUT2D eigenvalue weighted by atomic mass is 16.3. The number of rotatable bonds is 7. The van der Waals surface area contributed by atoms with Gasteiger partial charge in [-0.1, -0.05) is 50.8 Å². The van der Waals surface area contributed by atoms with Gasteiger partial charge in [-0.3, -0.25) is 0 Å². The fraction of sp³-hybridized carbons (Fsp3) is 0.667. The number of hydrogen-bond donors (Lipinski definition) is 1. The predicted molar refractivity (Wildman–Crippen MR) is 86.0 cm³/mol. The maximum Gasteiger partial charge on any atom is 0.137 e. The Morgan fingerprint density at radius 2 is 1.70 bits per heavy atom. The molecule has 0 aromatic heterocycles. The Hall–Kier alpha value is -1.02. The summed E-state index contributed by atoms with van der Waals surface area (Å²) in [6.07, 6.45) is 10.4. The molecule has 1 fully saturated rings. The number of anilines is 1. The number of unbranched alkanes of at least 4 members (excludes halogenated alkanes) is 3. The second-order valence-corrected chi connectivity index (χ2v) is 6.09. The summed E-state index contributed by atoms with van der Waals surface area (Å²) in [6, 6.07) is 10.4. The van der Waals surface area contributed by atoms with Crippen molar-refractivity contribution in [3.8, 4) is 0 Å². The molecule has 1 aromatic carbocycles.